The molecule has 4 aromatic rings. The molecule has 26 heavy (non-hydrogen) atoms. The van der Waals surface area contributed by atoms with Crippen molar-refractivity contribution in [3.05, 3.63) is 41.4 Å². The van der Waals surface area contributed by atoms with E-state index in [0.29, 0.717) is 10.9 Å². The molecule has 0 aliphatic carbocycles. The molecule has 0 fully saturated rings. The molecule has 132 valence electrons. The van der Waals surface area contributed by atoms with E-state index in [1.54, 1.807) is 18.4 Å². The van der Waals surface area contributed by atoms with Crippen molar-refractivity contribution in [3.63, 3.8) is 0 Å². The van der Waals surface area contributed by atoms with Crippen LogP contribution < -0.4 is 10.1 Å². The summed E-state index contributed by atoms with van der Waals surface area (Å²) in [5, 5.41) is 4.53. The first-order valence-corrected chi connectivity index (χ1v) is 10.5. The van der Waals surface area contributed by atoms with Crippen LogP contribution in [0.25, 0.3) is 20.4 Å². The summed E-state index contributed by atoms with van der Waals surface area (Å²) in [4.78, 5) is 22.4. The van der Waals surface area contributed by atoms with Crippen molar-refractivity contribution < 1.29 is 9.53 Å². The van der Waals surface area contributed by atoms with E-state index in [9.17, 15) is 4.79 Å². The number of thioether (sulfide) groups is 1. The zero-order valence-electron chi connectivity index (χ0n) is 14.1. The summed E-state index contributed by atoms with van der Waals surface area (Å²) in [6.45, 7) is 2.00. The summed E-state index contributed by atoms with van der Waals surface area (Å²) < 4.78 is 7.30. The van der Waals surface area contributed by atoms with Crippen LogP contribution in [0.15, 0.2) is 41.3 Å². The number of carbonyl (C=O) groups is 1. The third kappa shape index (κ3) is 3.53. The van der Waals surface area contributed by atoms with Crippen molar-refractivity contribution >= 4 is 65.9 Å². The molecule has 0 saturated heterocycles. The topological polar surface area (TPSA) is 64.1 Å². The molecule has 0 radical (unpaired) electrons. The van der Waals surface area contributed by atoms with Crippen LogP contribution in [-0.2, 0) is 4.79 Å². The van der Waals surface area contributed by atoms with Gasteiger partial charge in [0.15, 0.2) is 5.13 Å². The minimum atomic E-state index is -0.0735. The Balaban J connectivity index is 1.45. The second-order valence-electron chi connectivity index (χ2n) is 5.52. The third-order valence-corrected chi connectivity index (χ3v) is 6.64. The van der Waals surface area contributed by atoms with Gasteiger partial charge in [0, 0.05) is 4.90 Å². The molecule has 8 heteroatoms. The van der Waals surface area contributed by atoms with Crippen LogP contribution in [-0.4, -0.2) is 28.7 Å². The van der Waals surface area contributed by atoms with E-state index in [4.69, 9.17) is 4.74 Å². The summed E-state index contributed by atoms with van der Waals surface area (Å²) in [5.41, 5.74) is 1.83. The highest BCUT2D eigenvalue weighted by molar-refractivity contribution is 8.00. The number of methoxy groups -OCH3 is 1. The number of thiazole rings is 2. The standard InChI is InChI=1S/C18H15N3O2S3/c1-10-19-16-14(25-10)8-7-13-17(16)26-18(20-13)21-15(22)9-24-12-5-3-11(23-2)4-6-12/h3-8H,9H2,1-2H3,(H,20,21,22). The molecule has 4 rings (SSSR count). The Morgan fingerprint density at radius 2 is 1.96 bits per heavy atom. The Morgan fingerprint density at radius 1 is 1.15 bits per heavy atom. The van der Waals surface area contributed by atoms with Crippen molar-refractivity contribution in [1.82, 2.24) is 9.97 Å². The van der Waals surface area contributed by atoms with Crippen molar-refractivity contribution in [3.8, 4) is 5.75 Å². The minimum absolute atomic E-state index is 0.0735. The molecule has 0 bridgehead atoms. The SMILES string of the molecule is COc1ccc(SCC(=O)Nc2nc3ccc4sc(C)nc4c3s2)cc1. The molecule has 2 aromatic heterocycles. The lowest BCUT2D eigenvalue weighted by atomic mass is 10.3. The maximum Gasteiger partial charge on any atom is 0.236 e. The van der Waals surface area contributed by atoms with Crippen LogP contribution in [0.5, 0.6) is 5.75 Å². The highest BCUT2D eigenvalue weighted by Crippen LogP contribution is 2.34. The fourth-order valence-electron chi connectivity index (χ4n) is 2.52. The number of nitrogens with zero attached hydrogens (tertiary/aromatic N) is 2. The van der Waals surface area contributed by atoms with Crippen LogP contribution in [0, 0.1) is 6.92 Å². The van der Waals surface area contributed by atoms with Gasteiger partial charge in [0.05, 0.1) is 32.8 Å². The smallest absolute Gasteiger partial charge is 0.236 e. The predicted octanol–water partition coefficient (Wildman–Crippen LogP) is 4.95. The van der Waals surface area contributed by atoms with Gasteiger partial charge in [-0.25, -0.2) is 9.97 Å². The normalized spacial score (nSPS) is 11.2. The van der Waals surface area contributed by atoms with Gasteiger partial charge in [-0.15, -0.1) is 23.1 Å². The van der Waals surface area contributed by atoms with Crippen LogP contribution in [0.2, 0.25) is 0 Å². The molecule has 2 heterocycles. The Kier molecular flexibility index (Phi) is 4.80. The molecular formula is C18H15N3O2S3. The lowest BCUT2D eigenvalue weighted by Crippen LogP contribution is -2.13. The number of ether oxygens (including phenoxy) is 1. The minimum Gasteiger partial charge on any atom is -0.497 e. The van der Waals surface area contributed by atoms with E-state index < -0.39 is 0 Å². The lowest BCUT2D eigenvalue weighted by molar-refractivity contribution is -0.113. The van der Waals surface area contributed by atoms with Crippen LogP contribution >= 0.6 is 34.4 Å². The maximum absolute atomic E-state index is 12.2. The summed E-state index contributed by atoms with van der Waals surface area (Å²) in [7, 11) is 1.63. The van der Waals surface area contributed by atoms with Crippen molar-refractivity contribution in [2.75, 3.05) is 18.2 Å². The number of fused-ring (bicyclic) bond motifs is 3. The van der Waals surface area contributed by atoms with Gasteiger partial charge >= 0.3 is 0 Å². The Bertz CT molecular complexity index is 1090. The van der Waals surface area contributed by atoms with Crippen LogP contribution in [0.3, 0.4) is 0 Å². The molecule has 5 nitrogen and oxygen atoms in total. The summed E-state index contributed by atoms with van der Waals surface area (Å²) in [6, 6.07) is 11.7. The molecule has 1 N–H and O–H groups in total. The number of aromatic nitrogens is 2. The van der Waals surface area contributed by atoms with Crippen molar-refractivity contribution in [2.45, 2.75) is 11.8 Å². The summed E-state index contributed by atoms with van der Waals surface area (Å²) in [5.74, 6) is 1.06. The largest absolute Gasteiger partial charge is 0.497 e. The summed E-state index contributed by atoms with van der Waals surface area (Å²) in [6.07, 6.45) is 0. The number of anilines is 1. The second kappa shape index (κ2) is 7.22. The number of rotatable bonds is 5. The fraction of sp³-hybridized carbons (Fsp3) is 0.167. The number of aryl methyl sites for hydroxylation is 1. The van der Waals surface area contributed by atoms with E-state index in [2.05, 4.69) is 15.3 Å². The third-order valence-electron chi connectivity index (χ3n) is 3.70. The molecule has 0 saturated carbocycles. The molecular weight excluding hydrogens is 386 g/mol. The Morgan fingerprint density at radius 3 is 2.73 bits per heavy atom. The van der Waals surface area contributed by atoms with E-state index in [1.165, 1.54) is 23.1 Å². The number of hydrogen-bond acceptors (Lipinski definition) is 7. The molecule has 0 spiro atoms. The van der Waals surface area contributed by atoms with Gasteiger partial charge in [0.25, 0.3) is 0 Å². The molecule has 0 unspecified atom stereocenters. The second-order valence-corrected chi connectivity index (χ2v) is 8.81. The van der Waals surface area contributed by atoms with Gasteiger partial charge in [-0.05, 0) is 43.3 Å². The molecule has 1 amide bonds. The van der Waals surface area contributed by atoms with Gasteiger partial charge in [0.2, 0.25) is 5.91 Å². The molecule has 0 aliphatic heterocycles. The molecule has 2 aromatic carbocycles. The average Bonchev–Trinajstić information content (AvgIpc) is 3.22. The average molecular weight is 402 g/mol. The van der Waals surface area contributed by atoms with Crippen molar-refractivity contribution in [1.29, 1.82) is 0 Å². The van der Waals surface area contributed by atoms with Crippen molar-refractivity contribution in [2.24, 2.45) is 0 Å². The van der Waals surface area contributed by atoms with E-state index in [0.717, 1.165) is 36.1 Å². The Hall–Kier alpha value is -2.16. The van der Waals surface area contributed by atoms with Gasteiger partial charge in [-0.2, -0.15) is 0 Å². The monoisotopic (exact) mass is 401 g/mol. The quantitative estimate of drug-likeness (QED) is 0.479. The zero-order chi connectivity index (χ0) is 18.1. The number of amides is 1. The van der Waals surface area contributed by atoms with E-state index in [-0.39, 0.29) is 5.91 Å². The first kappa shape index (κ1) is 17.3. The first-order chi connectivity index (χ1) is 12.6. The van der Waals surface area contributed by atoms with Gasteiger partial charge in [-0.1, -0.05) is 11.3 Å². The molecule has 0 aliphatic rings. The van der Waals surface area contributed by atoms with E-state index >= 15 is 0 Å². The van der Waals surface area contributed by atoms with E-state index in [1.807, 2.05) is 43.3 Å². The van der Waals surface area contributed by atoms with Gasteiger partial charge in [0.1, 0.15) is 11.3 Å². The van der Waals surface area contributed by atoms with Gasteiger partial charge < -0.3 is 10.1 Å². The number of carbonyl (C=O) groups excluding carboxylic acids is 1. The first-order valence-electron chi connectivity index (χ1n) is 7.86. The lowest BCUT2D eigenvalue weighted by Gasteiger charge is -2.03. The zero-order valence-corrected chi connectivity index (χ0v) is 16.6. The fourth-order valence-corrected chi connectivity index (χ4v) is 5.09. The molecule has 0 atom stereocenters. The number of benzene rings is 2. The van der Waals surface area contributed by atoms with Crippen LogP contribution in [0.1, 0.15) is 5.01 Å². The highest BCUT2D eigenvalue weighted by Gasteiger charge is 2.13. The maximum atomic E-state index is 12.2. The number of hydrogen-bond donors (Lipinski definition) is 1. The highest BCUT2D eigenvalue weighted by atomic mass is 32.2. The summed E-state index contributed by atoms with van der Waals surface area (Å²) >= 11 is 4.62. The van der Waals surface area contributed by atoms with Gasteiger partial charge in [-0.3, -0.25) is 4.79 Å². The van der Waals surface area contributed by atoms with Crippen LogP contribution in [0.4, 0.5) is 5.13 Å². The predicted molar refractivity (Wildman–Crippen MR) is 110 cm³/mol. The number of nitrogens with one attached hydrogen (secondary N) is 1. The Labute approximate surface area is 162 Å².